The molecule has 4 nitrogen and oxygen atoms in total. The molecule has 0 unspecified atom stereocenters. The van der Waals surface area contributed by atoms with Gasteiger partial charge in [-0.1, -0.05) is 48.0 Å². The highest BCUT2D eigenvalue weighted by Gasteiger charge is 2.19. The maximum absolute atomic E-state index is 11.9. The van der Waals surface area contributed by atoms with Crippen LogP contribution in [0.4, 0.5) is 0 Å². The third kappa shape index (κ3) is 3.17. The molecule has 2 aromatic rings. The number of rotatable bonds is 3. The van der Waals surface area contributed by atoms with Crippen molar-refractivity contribution in [1.82, 2.24) is 5.32 Å². The third-order valence-corrected chi connectivity index (χ3v) is 2.78. The molecular formula is C16H13NO3. The molecule has 0 saturated heterocycles. The Kier molecular flexibility index (Phi) is 4.05. The van der Waals surface area contributed by atoms with E-state index in [-0.39, 0.29) is 5.56 Å². The highest BCUT2D eigenvalue weighted by molar-refractivity contribution is 6.45. The standard InChI is InChI=1S/C16H13NO3/c1-11-7-9-12(10-8-11)14(18)16(20)17-15(19)13-5-3-2-4-6-13/h2-10H,1H3,(H,17,19,20). The highest BCUT2D eigenvalue weighted by Crippen LogP contribution is 2.04. The van der Waals surface area contributed by atoms with Crippen molar-refractivity contribution >= 4 is 17.6 Å². The van der Waals surface area contributed by atoms with Crippen LogP contribution in [-0.4, -0.2) is 17.6 Å². The third-order valence-electron chi connectivity index (χ3n) is 2.78. The van der Waals surface area contributed by atoms with Crippen molar-refractivity contribution in [3.8, 4) is 0 Å². The fourth-order valence-electron chi connectivity index (χ4n) is 1.66. The number of carbonyl (C=O) groups is 3. The molecule has 2 aromatic carbocycles. The minimum Gasteiger partial charge on any atom is -0.285 e. The zero-order valence-electron chi connectivity index (χ0n) is 10.9. The summed E-state index contributed by atoms with van der Waals surface area (Å²) in [5.74, 6) is -2.24. The van der Waals surface area contributed by atoms with Crippen LogP contribution in [0.25, 0.3) is 0 Å². The lowest BCUT2D eigenvalue weighted by molar-refractivity contribution is -0.116. The first kappa shape index (κ1) is 13.7. The van der Waals surface area contributed by atoms with E-state index in [1.807, 2.05) is 6.92 Å². The van der Waals surface area contributed by atoms with E-state index in [1.54, 1.807) is 54.6 Å². The molecule has 2 rings (SSSR count). The van der Waals surface area contributed by atoms with Gasteiger partial charge in [-0.05, 0) is 19.1 Å². The lowest BCUT2D eigenvalue weighted by atomic mass is 10.1. The number of nitrogens with one attached hydrogen (secondary N) is 1. The van der Waals surface area contributed by atoms with Crippen molar-refractivity contribution < 1.29 is 14.4 Å². The molecule has 0 spiro atoms. The fraction of sp³-hybridized carbons (Fsp3) is 0.0625. The Hall–Kier alpha value is -2.75. The average molecular weight is 267 g/mol. The quantitative estimate of drug-likeness (QED) is 0.684. The first-order valence-electron chi connectivity index (χ1n) is 6.09. The van der Waals surface area contributed by atoms with Crippen LogP contribution in [0.5, 0.6) is 0 Å². The number of ketones is 1. The SMILES string of the molecule is Cc1ccc(C(=O)C(=O)NC(=O)c2ccccc2)cc1. The molecule has 1 N–H and O–H groups in total. The van der Waals surface area contributed by atoms with Gasteiger partial charge in [0.15, 0.2) is 0 Å². The zero-order valence-corrected chi connectivity index (χ0v) is 10.9. The molecule has 20 heavy (non-hydrogen) atoms. The monoisotopic (exact) mass is 267 g/mol. The maximum atomic E-state index is 11.9. The number of imide groups is 1. The van der Waals surface area contributed by atoms with Crippen LogP contribution in [0, 0.1) is 6.92 Å². The van der Waals surface area contributed by atoms with E-state index in [1.165, 1.54) is 0 Å². The van der Waals surface area contributed by atoms with E-state index in [2.05, 4.69) is 5.32 Å². The molecular weight excluding hydrogens is 254 g/mol. The maximum Gasteiger partial charge on any atom is 0.299 e. The Morgan fingerprint density at radius 3 is 2.00 bits per heavy atom. The van der Waals surface area contributed by atoms with E-state index in [0.29, 0.717) is 5.56 Å². The molecule has 0 atom stereocenters. The van der Waals surface area contributed by atoms with Gasteiger partial charge in [0.25, 0.3) is 17.6 Å². The van der Waals surface area contributed by atoms with Crippen LogP contribution < -0.4 is 5.32 Å². The fourth-order valence-corrected chi connectivity index (χ4v) is 1.66. The second kappa shape index (κ2) is 5.93. The van der Waals surface area contributed by atoms with Gasteiger partial charge < -0.3 is 0 Å². The van der Waals surface area contributed by atoms with Crippen molar-refractivity contribution in [2.24, 2.45) is 0 Å². The van der Waals surface area contributed by atoms with Crippen molar-refractivity contribution in [3.63, 3.8) is 0 Å². The van der Waals surface area contributed by atoms with E-state index < -0.39 is 17.6 Å². The highest BCUT2D eigenvalue weighted by atomic mass is 16.2. The summed E-state index contributed by atoms with van der Waals surface area (Å²) in [6.45, 7) is 1.88. The predicted octanol–water partition coefficient (Wildman–Crippen LogP) is 2.13. The number of hydrogen-bond donors (Lipinski definition) is 1. The van der Waals surface area contributed by atoms with Crippen molar-refractivity contribution in [1.29, 1.82) is 0 Å². The van der Waals surface area contributed by atoms with Crippen molar-refractivity contribution in [3.05, 3.63) is 71.3 Å². The van der Waals surface area contributed by atoms with Crippen LogP contribution in [0.3, 0.4) is 0 Å². The molecule has 0 heterocycles. The molecule has 0 fully saturated rings. The Morgan fingerprint density at radius 1 is 0.800 bits per heavy atom. The minimum absolute atomic E-state index is 0.258. The van der Waals surface area contributed by atoms with Gasteiger partial charge >= 0.3 is 0 Å². The first-order valence-corrected chi connectivity index (χ1v) is 6.09. The van der Waals surface area contributed by atoms with Crippen LogP contribution >= 0.6 is 0 Å². The molecule has 2 amide bonds. The van der Waals surface area contributed by atoms with E-state index in [9.17, 15) is 14.4 Å². The molecule has 4 heteroatoms. The Bertz CT molecular complexity index is 645. The Balaban J connectivity index is 2.07. The van der Waals surface area contributed by atoms with Crippen LogP contribution in [-0.2, 0) is 4.79 Å². The summed E-state index contributed by atoms with van der Waals surface area (Å²) in [7, 11) is 0. The van der Waals surface area contributed by atoms with E-state index in [4.69, 9.17) is 0 Å². The van der Waals surface area contributed by atoms with Gasteiger partial charge in [-0.2, -0.15) is 0 Å². The summed E-state index contributed by atoms with van der Waals surface area (Å²) < 4.78 is 0. The number of aryl methyl sites for hydroxylation is 1. The summed E-state index contributed by atoms with van der Waals surface area (Å²) in [6, 6.07) is 14.9. The number of hydrogen-bond acceptors (Lipinski definition) is 3. The summed E-state index contributed by atoms with van der Waals surface area (Å²) >= 11 is 0. The Morgan fingerprint density at radius 2 is 1.40 bits per heavy atom. The topological polar surface area (TPSA) is 63.2 Å². The lowest BCUT2D eigenvalue weighted by Crippen LogP contribution is -2.36. The van der Waals surface area contributed by atoms with Gasteiger partial charge in [0.05, 0.1) is 0 Å². The zero-order chi connectivity index (χ0) is 14.5. The number of amides is 2. The van der Waals surface area contributed by atoms with Gasteiger partial charge in [0.2, 0.25) is 0 Å². The molecule has 0 aliphatic rings. The van der Waals surface area contributed by atoms with Gasteiger partial charge in [-0.3, -0.25) is 19.7 Å². The van der Waals surface area contributed by atoms with Crippen molar-refractivity contribution in [2.45, 2.75) is 6.92 Å². The largest absolute Gasteiger partial charge is 0.299 e. The second-order valence-corrected chi connectivity index (χ2v) is 4.34. The average Bonchev–Trinajstić information content (AvgIpc) is 2.48. The summed E-state index contributed by atoms with van der Waals surface area (Å²) in [5, 5.41) is 2.08. The van der Waals surface area contributed by atoms with Gasteiger partial charge in [0, 0.05) is 11.1 Å². The normalized spacial score (nSPS) is 9.85. The molecule has 0 aromatic heterocycles. The van der Waals surface area contributed by atoms with Crippen LogP contribution in [0.2, 0.25) is 0 Å². The predicted molar refractivity (Wildman–Crippen MR) is 74.4 cm³/mol. The first-order chi connectivity index (χ1) is 9.58. The second-order valence-electron chi connectivity index (χ2n) is 4.34. The molecule has 0 radical (unpaired) electrons. The molecule has 0 aliphatic heterocycles. The van der Waals surface area contributed by atoms with E-state index in [0.717, 1.165) is 5.56 Å². The molecule has 100 valence electrons. The van der Waals surface area contributed by atoms with Crippen LogP contribution in [0.15, 0.2) is 54.6 Å². The molecule has 0 bridgehead atoms. The summed E-state index contributed by atoms with van der Waals surface area (Å²) in [6.07, 6.45) is 0. The number of Topliss-reactive ketones (excluding diaryl/α,β-unsaturated/α-hetero) is 1. The van der Waals surface area contributed by atoms with Gasteiger partial charge in [-0.15, -0.1) is 0 Å². The smallest absolute Gasteiger partial charge is 0.285 e. The van der Waals surface area contributed by atoms with Crippen LogP contribution in [0.1, 0.15) is 26.3 Å². The Labute approximate surface area is 116 Å². The molecule has 0 aliphatic carbocycles. The van der Waals surface area contributed by atoms with Crippen molar-refractivity contribution in [2.75, 3.05) is 0 Å². The number of benzene rings is 2. The summed E-state index contributed by atoms with van der Waals surface area (Å²) in [5.41, 5.74) is 1.58. The number of carbonyl (C=O) groups excluding carboxylic acids is 3. The minimum atomic E-state index is -0.928. The van der Waals surface area contributed by atoms with E-state index >= 15 is 0 Å². The van der Waals surface area contributed by atoms with Gasteiger partial charge in [-0.25, -0.2) is 0 Å². The summed E-state index contributed by atoms with van der Waals surface area (Å²) in [4.78, 5) is 35.3. The van der Waals surface area contributed by atoms with Gasteiger partial charge in [0.1, 0.15) is 0 Å². The molecule has 0 saturated carbocycles. The lowest BCUT2D eigenvalue weighted by Gasteiger charge is -2.03.